The summed E-state index contributed by atoms with van der Waals surface area (Å²) in [4.78, 5) is 0. The molecule has 0 aromatic heterocycles. The molecule has 28 heavy (non-hydrogen) atoms. The van der Waals surface area contributed by atoms with Crippen LogP contribution in [0.15, 0.2) is 12.1 Å². The SMILES string of the molecule is CCCOc1ccc(C(O)C2CCC(C3CCC(CC)CC3)CC2)c(F)c1F. The van der Waals surface area contributed by atoms with Crippen molar-refractivity contribution in [3.8, 4) is 5.75 Å². The van der Waals surface area contributed by atoms with Crippen molar-refractivity contribution < 1.29 is 18.6 Å². The molecule has 158 valence electrons. The molecule has 0 heterocycles. The lowest BCUT2D eigenvalue weighted by molar-refractivity contribution is 0.0536. The van der Waals surface area contributed by atoms with Gasteiger partial charge in [0.05, 0.1) is 12.7 Å². The molecular weight excluding hydrogens is 358 g/mol. The minimum Gasteiger partial charge on any atom is -0.490 e. The van der Waals surface area contributed by atoms with E-state index in [-0.39, 0.29) is 17.2 Å². The standard InChI is InChI=1S/C24H36F2O2/c1-3-15-28-21-14-13-20(22(25)23(21)26)24(27)19-11-9-18(10-12-19)17-7-5-16(4-2)6-8-17/h13-14,16-19,24,27H,3-12,15H2,1-2H3. The Bertz CT molecular complexity index is 617. The molecule has 2 aliphatic carbocycles. The van der Waals surface area contributed by atoms with Crippen molar-refractivity contribution in [2.75, 3.05) is 6.61 Å². The number of aliphatic hydroxyl groups is 1. The maximum atomic E-state index is 14.5. The van der Waals surface area contributed by atoms with E-state index in [0.29, 0.717) is 6.61 Å². The molecule has 0 radical (unpaired) electrons. The molecule has 2 fully saturated rings. The molecule has 1 aromatic carbocycles. The zero-order chi connectivity index (χ0) is 20.1. The van der Waals surface area contributed by atoms with Gasteiger partial charge in [0, 0.05) is 5.56 Å². The fraction of sp³-hybridized carbons (Fsp3) is 0.750. The van der Waals surface area contributed by atoms with E-state index in [9.17, 15) is 13.9 Å². The minimum absolute atomic E-state index is 0.0135. The van der Waals surface area contributed by atoms with Crippen molar-refractivity contribution in [3.05, 3.63) is 29.3 Å². The van der Waals surface area contributed by atoms with Gasteiger partial charge in [0.2, 0.25) is 5.82 Å². The normalized spacial score (nSPS) is 29.5. The third-order valence-corrected chi connectivity index (χ3v) is 7.26. The maximum absolute atomic E-state index is 14.5. The van der Waals surface area contributed by atoms with Gasteiger partial charge in [0.15, 0.2) is 11.6 Å². The highest BCUT2D eigenvalue weighted by molar-refractivity contribution is 5.32. The first-order valence-corrected chi connectivity index (χ1v) is 11.3. The number of aliphatic hydroxyl groups excluding tert-OH is 1. The van der Waals surface area contributed by atoms with E-state index in [1.807, 2.05) is 6.92 Å². The van der Waals surface area contributed by atoms with Gasteiger partial charge in [0.25, 0.3) is 0 Å². The van der Waals surface area contributed by atoms with Crippen molar-refractivity contribution in [1.29, 1.82) is 0 Å². The first-order chi connectivity index (χ1) is 13.5. The van der Waals surface area contributed by atoms with Crippen LogP contribution in [0.2, 0.25) is 0 Å². The summed E-state index contributed by atoms with van der Waals surface area (Å²) in [5.41, 5.74) is 0.0771. The summed E-state index contributed by atoms with van der Waals surface area (Å²) in [6.07, 6.45) is 10.5. The van der Waals surface area contributed by atoms with Crippen LogP contribution in [0.4, 0.5) is 8.78 Å². The predicted molar refractivity (Wildman–Crippen MR) is 108 cm³/mol. The van der Waals surface area contributed by atoms with Crippen LogP contribution in [-0.4, -0.2) is 11.7 Å². The molecule has 1 atom stereocenters. The fourth-order valence-corrected chi connectivity index (χ4v) is 5.35. The average Bonchev–Trinajstić information content (AvgIpc) is 2.74. The molecule has 0 saturated heterocycles. The number of hydrogen-bond acceptors (Lipinski definition) is 2. The van der Waals surface area contributed by atoms with E-state index in [1.165, 1.54) is 44.2 Å². The van der Waals surface area contributed by atoms with Crippen LogP contribution in [0, 0.1) is 35.3 Å². The lowest BCUT2D eigenvalue weighted by atomic mass is 9.68. The first kappa shape index (κ1) is 21.5. The van der Waals surface area contributed by atoms with Gasteiger partial charge < -0.3 is 9.84 Å². The topological polar surface area (TPSA) is 29.5 Å². The van der Waals surface area contributed by atoms with Crippen molar-refractivity contribution in [3.63, 3.8) is 0 Å². The van der Waals surface area contributed by atoms with Crippen LogP contribution in [0.3, 0.4) is 0 Å². The Morgan fingerprint density at radius 1 is 0.929 bits per heavy atom. The summed E-state index contributed by atoms with van der Waals surface area (Å²) >= 11 is 0. The van der Waals surface area contributed by atoms with Crippen LogP contribution in [-0.2, 0) is 0 Å². The number of ether oxygens (including phenoxy) is 1. The van der Waals surface area contributed by atoms with Gasteiger partial charge in [-0.25, -0.2) is 4.39 Å². The second-order valence-electron chi connectivity index (χ2n) is 8.94. The summed E-state index contributed by atoms with van der Waals surface area (Å²) in [7, 11) is 0. The Labute approximate surface area is 168 Å². The fourth-order valence-electron chi connectivity index (χ4n) is 5.35. The smallest absolute Gasteiger partial charge is 0.200 e. The molecule has 1 unspecified atom stereocenters. The monoisotopic (exact) mass is 394 g/mol. The van der Waals surface area contributed by atoms with Gasteiger partial charge in [-0.15, -0.1) is 0 Å². The Kier molecular flexibility index (Phi) is 7.73. The quantitative estimate of drug-likeness (QED) is 0.550. The second-order valence-corrected chi connectivity index (χ2v) is 8.94. The van der Waals surface area contributed by atoms with E-state index < -0.39 is 17.7 Å². The lowest BCUT2D eigenvalue weighted by Gasteiger charge is -2.38. The summed E-state index contributed by atoms with van der Waals surface area (Å²) in [6, 6.07) is 2.94. The van der Waals surface area contributed by atoms with Gasteiger partial charge >= 0.3 is 0 Å². The summed E-state index contributed by atoms with van der Waals surface area (Å²) in [6.45, 7) is 4.56. The molecule has 0 bridgehead atoms. The third kappa shape index (κ3) is 4.87. The van der Waals surface area contributed by atoms with Gasteiger partial charge in [-0.3, -0.25) is 0 Å². The van der Waals surface area contributed by atoms with Gasteiger partial charge in [-0.05, 0) is 80.8 Å². The minimum atomic E-state index is -0.980. The molecule has 2 nitrogen and oxygen atoms in total. The van der Waals surface area contributed by atoms with Crippen LogP contribution < -0.4 is 4.74 Å². The Morgan fingerprint density at radius 2 is 1.54 bits per heavy atom. The molecule has 0 spiro atoms. The second kappa shape index (κ2) is 10.0. The van der Waals surface area contributed by atoms with Crippen LogP contribution in [0.25, 0.3) is 0 Å². The molecule has 1 N–H and O–H groups in total. The number of benzene rings is 1. The van der Waals surface area contributed by atoms with Gasteiger partial charge in [-0.1, -0.05) is 33.1 Å². The van der Waals surface area contributed by atoms with E-state index in [4.69, 9.17) is 4.74 Å². The zero-order valence-electron chi connectivity index (χ0n) is 17.4. The number of hydrogen-bond donors (Lipinski definition) is 1. The molecule has 2 saturated carbocycles. The number of rotatable bonds is 7. The molecular formula is C24H36F2O2. The van der Waals surface area contributed by atoms with E-state index in [1.54, 1.807) is 0 Å². The highest BCUT2D eigenvalue weighted by Crippen LogP contribution is 2.45. The van der Waals surface area contributed by atoms with E-state index in [0.717, 1.165) is 49.9 Å². The Hall–Kier alpha value is -1.16. The zero-order valence-corrected chi connectivity index (χ0v) is 17.4. The predicted octanol–water partition coefficient (Wildman–Crippen LogP) is 6.81. The first-order valence-electron chi connectivity index (χ1n) is 11.3. The van der Waals surface area contributed by atoms with Crippen molar-refractivity contribution in [2.45, 2.75) is 84.2 Å². The van der Waals surface area contributed by atoms with Crippen LogP contribution >= 0.6 is 0 Å². The van der Waals surface area contributed by atoms with E-state index >= 15 is 0 Å². The number of halogens is 2. The maximum Gasteiger partial charge on any atom is 0.200 e. The van der Waals surface area contributed by atoms with Gasteiger partial charge in [-0.2, -0.15) is 4.39 Å². The average molecular weight is 395 g/mol. The Balaban J connectivity index is 1.56. The van der Waals surface area contributed by atoms with E-state index in [2.05, 4.69) is 6.92 Å². The highest BCUT2D eigenvalue weighted by Gasteiger charge is 2.34. The largest absolute Gasteiger partial charge is 0.490 e. The van der Waals surface area contributed by atoms with Crippen molar-refractivity contribution in [2.24, 2.45) is 23.7 Å². The highest BCUT2D eigenvalue weighted by atomic mass is 19.2. The Morgan fingerprint density at radius 3 is 2.11 bits per heavy atom. The van der Waals surface area contributed by atoms with Crippen LogP contribution in [0.1, 0.15) is 89.7 Å². The molecule has 2 aliphatic rings. The summed E-state index contributed by atoms with van der Waals surface area (Å²) < 4.78 is 34.0. The van der Waals surface area contributed by atoms with Crippen molar-refractivity contribution in [1.82, 2.24) is 0 Å². The molecule has 0 aliphatic heterocycles. The van der Waals surface area contributed by atoms with Gasteiger partial charge in [0.1, 0.15) is 0 Å². The summed E-state index contributed by atoms with van der Waals surface area (Å²) in [5.74, 6) is 0.489. The lowest BCUT2D eigenvalue weighted by Crippen LogP contribution is -2.28. The molecule has 3 rings (SSSR count). The van der Waals surface area contributed by atoms with Crippen molar-refractivity contribution >= 4 is 0 Å². The summed E-state index contributed by atoms with van der Waals surface area (Å²) in [5, 5.41) is 10.7. The molecule has 1 aromatic rings. The third-order valence-electron chi connectivity index (χ3n) is 7.26. The molecule has 4 heteroatoms. The molecule has 0 amide bonds. The van der Waals surface area contributed by atoms with Crippen LogP contribution in [0.5, 0.6) is 5.75 Å².